The first-order valence-electron chi connectivity index (χ1n) is 6.96. The summed E-state index contributed by atoms with van der Waals surface area (Å²) in [6.45, 7) is 5.80. The van der Waals surface area contributed by atoms with Crippen molar-refractivity contribution < 1.29 is 9.47 Å². The monoisotopic (exact) mass is 247 g/mol. The highest BCUT2D eigenvalue weighted by molar-refractivity contribution is 5.36. The van der Waals surface area contributed by atoms with Gasteiger partial charge in [-0.25, -0.2) is 0 Å². The fourth-order valence-corrected chi connectivity index (χ4v) is 2.71. The summed E-state index contributed by atoms with van der Waals surface area (Å²) in [7, 11) is 0. The molecule has 1 aromatic carbocycles. The van der Waals surface area contributed by atoms with Gasteiger partial charge in [0.25, 0.3) is 0 Å². The topological polar surface area (TPSA) is 21.7 Å². The smallest absolute Gasteiger partial charge is 0.119 e. The Hall–Kier alpha value is -1.06. The summed E-state index contributed by atoms with van der Waals surface area (Å²) in [4.78, 5) is 2.50. The Labute approximate surface area is 109 Å². The molecule has 18 heavy (non-hydrogen) atoms. The maximum atomic E-state index is 5.84. The molecule has 3 heteroatoms. The number of ether oxygens (including phenoxy) is 2. The second kappa shape index (κ2) is 5.72. The molecule has 98 valence electrons. The summed E-state index contributed by atoms with van der Waals surface area (Å²) in [6.07, 6.45) is 4.08. The van der Waals surface area contributed by atoms with Gasteiger partial charge in [-0.2, -0.15) is 0 Å². The van der Waals surface area contributed by atoms with E-state index in [1.165, 1.54) is 43.5 Å². The van der Waals surface area contributed by atoms with Gasteiger partial charge in [0.15, 0.2) is 0 Å². The number of likely N-dealkylation sites (tertiary alicyclic amines) is 1. The summed E-state index contributed by atoms with van der Waals surface area (Å²) in [5.41, 5.74) is 2.59. The molecule has 0 aliphatic carbocycles. The zero-order chi connectivity index (χ0) is 12.2. The minimum Gasteiger partial charge on any atom is -0.492 e. The van der Waals surface area contributed by atoms with Gasteiger partial charge in [-0.3, -0.25) is 4.90 Å². The van der Waals surface area contributed by atoms with Crippen LogP contribution in [0.5, 0.6) is 5.75 Å². The minimum absolute atomic E-state index is 0.735. The van der Waals surface area contributed by atoms with E-state index in [1.54, 1.807) is 0 Å². The first-order chi connectivity index (χ1) is 8.92. The van der Waals surface area contributed by atoms with Crippen molar-refractivity contribution in [1.82, 2.24) is 4.90 Å². The second-order valence-electron chi connectivity index (χ2n) is 5.17. The molecule has 0 atom stereocenters. The Morgan fingerprint density at radius 1 is 1.06 bits per heavy atom. The third-order valence-electron chi connectivity index (χ3n) is 3.82. The molecule has 2 heterocycles. The van der Waals surface area contributed by atoms with Crippen LogP contribution in [-0.4, -0.2) is 31.1 Å². The van der Waals surface area contributed by atoms with E-state index in [0.717, 1.165) is 32.1 Å². The molecular formula is C15H21NO2. The summed E-state index contributed by atoms with van der Waals surface area (Å²) < 4.78 is 11.2. The Morgan fingerprint density at radius 2 is 1.89 bits per heavy atom. The van der Waals surface area contributed by atoms with Crippen molar-refractivity contribution in [2.24, 2.45) is 0 Å². The molecule has 3 nitrogen and oxygen atoms in total. The molecule has 1 saturated heterocycles. The fraction of sp³-hybridized carbons (Fsp3) is 0.600. The molecule has 2 aliphatic rings. The van der Waals surface area contributed by atoms with Crippen LogP contribution in [-0.2, 0) is 18.0 Å². The van der Waals surface area contributed by atoms with Crippen LogP contribution in [0.2, 0.25) is 0 Å². The molecule has 2 aliphatic heterocycles. The molecule has 0 bridgehead atoms. The summed E-state index contributed by atoms with van der Waals surface area (Å²) in [6, 6.07) is 6.31. The molecular weight excluding hydrogens is 226 g/mol. The van der Waals surface area contributed by atoms with Gasteiger partial charge in [-0.1, -0.05) is 12.5 Å². The summed E-state index contributed by atoms with van der Waals surface area (Å²) in [5.74, 6) is 0.983. The molecule has 0 spiro atoms. The van der Waals surface area contributed by atoms with E-state index in [0.29, 0.717) is 0 Å². The Bertz CT molecular complexity index is 399. The second-order valence-corrected chi connectivity index (χ2v) is 5.17. The number of rotatable bonds is 4. The molecule has 0 radical (unpaired) electrons. The highest BCUT2D eigenvalue weighted by atomic mass is 16.5. The molecule has 1 fully saturated rings. The summed E-state index contributed by atoms with van der Waals surface area (Å²) >= 11 is 0. The van der Waals surface area contributed by atoms with Gasteiger partial charge in [-0.15, -0.1) is 0 Å². The highest BCUT2D eigenvalue weighted by Gasteiger charge is 2.12. The van der Waals surface area contributed by atoms with Gasteiger partial charge in [0.05, 0.1) is 13.2 Å². The van der Waals surface area contributed by atoms with Crippen LogP contribution in [0.25, 0.3) is 0 Å². The third-order valence-corrected chi connectivity index (χ3v) is 3.82. The first-order valence-corrected chi connectivity index (χ1v) is 6.96. The van der Waals surface area contributed by atoms with Crippen molar-refractivity contribution in [1.29, 1.82) is 0 Å². The van der Waals surface area contributed by atoms with E-state index in [4.69, 9.17) is 9.47 Å². The quantitative estimate of drug-likeness (QED) is 0.816. The average Bonchev–Trinajstić information content (AvgIpc) is 2.87. The van der Waals surface area contributed by atoms with Crippen molar-refractivity contribution in [2.45, 2.75) is 32.5 Å². The van der Waals surface area contributed by atoms with Crippen LogP contribution in [0, 0.1) is 0 Å². The van der Waals surface area contributed by atoms with Crippen LogP contribution < -0.4 is 4.74 Å². The van der Waals surface area contributed by atoms with E-state index < -0.39 is 0 Å². The highest BCUT2D eigenvalue weighted by Crippen LogP contribution is 2.24. The predicted molar refractivity (Wildman–Crippen MR) is 70.7 cm³/mol. The van der Waals surface area contributed by atoms with E-state index >= 15 is 0 Å². The van der Waals surface area contributed by atoms with Crippen LogP contribution in [0.1, 0.15) is 30.4 Å². The SMILES string of the molecule is c1cc2c(cc1OCCN1CCCCC1)COC2. The number of hydrogen-bond acceptors (Lipinski definition) is 3. The zero-order valence-electron chi connectivity index (χ0n) is 10.9. The number of hydrogen-bond donors (Lipinski definition) is 0. The number of fused-ring (bicyclic) bond motifs is 1. The van der Waals surface area contributed by atoms with Crippen LogP contribution in [0.4, 0.5) is 0 Å². The zero-order valence-corrected chi connectivity index (χ0v) is 10.9. The van der Waals surface area contributed by atoms with Crippen molar-refractivity contribution in [3.8, 4) is 5.75 Å². The van der Waals surface area contributed by atoms with Crippen LogP contribution in [0.15, 0.2) is 18.2 Å². The van der Waals surface area contributed by atoms with Gasteiger partial charge in [-0.05, 0) is 49.2 Å². The van der Waals surface area contributed by atoms with Gasteiger partial charge in [0.1, 0.15) is 12.4 Å². The largest absolute Gasteiger partial charge is 0.492 e. The normalized spacial score (nSPS) is 19.8. The van der Waals surface area contributed by atoms with E-state index in [9.17, 15) is 0 Å². The van der Waals surface area contributed by atoms with Crippen LogP contribution in [0.3, 0.4) is 0 Å². The van der Waals surface area contributed by atoms with Crippen molar-refractivity contribution in [3.63, 3.8) is 0 Å². The molecule has 0 N–H and O–H groups in total. The molecule has 0 saturated carbocycles. The average molecular weight is 247 g/mol. The van der Waals surface area contributed by atoms with Crippen molar-refractivity contribution >= 4 is 0 Å². The van der Waals surface area contributed by atoms with Gasteiger partial charge < -0.3 is 9.47 Å². The maximum Gasteiger partial charge on any atom is 0.119 e. The Balaban J connectivity index is 1.48. The molecule has 1 aromatic rings. The number of piperidine rings is 1. The van der Waals surface area contributed by atoms with E-state index in [1.807, 2.05) is 0 Å². The van der Waals surface area contributed by atoms with Gasteiger partial charge in [0.2, 0.25) is 0 Å². The van der Waals surface area contributed by atoms with Crippen LogP contribution >= 0.6 is 0 Å². The Kier molecular flexibility index (Phi) is 3.81. The fourth-order valence-electron chi connectivity index (χ4n) is 2.71. The predicted octanol–water partition coefficient (Wildman–Crippen LogP) is 2.58. The Morgan fingerprint density at radius 3 is 2.78 bits per heavy atom. The molecule has 0 amide bonds. The van der Waals surface area contributed by atoms with Crippen molar-refractivity contribution in [3.05, 3.63) is 29.3 Å². The van der Waals surface area contributed by atoms with E-state index in [2.05, 4.69) is 23.1 Å². The summed E-state index contributed by atoms with van der Waals surface area (Å²) in [5, 5.41) is 0. The molecule has 3 rings (SSSR count). The molecule has 0 aromatic heterocycles. The minimum atomic E-state index is 0.735. The van der Waals surface area contributed by atoms with Crippen molar-refractivity contribution in [2.75, 3.05) is 26.2 Å². The lowest BCUT2D eigenvalue weighted by atomic mass is 10.1. The number of nitrogens with zero attached hydrogens (tertiary/aromatic N) is 1. The lowest BCUT2D eigenvalue weighted by Gasteiger charge is -2.26. The van der Waals surface area contributed by atoms with E-state index in [-0.39, 0.29) is 0 Å². The first kappa shape index (κ1) is 12.0. The number of benzene rings is 1. The van der Waals surface area contributed by atoms with Gasteiger partial charge >= 0.3 is 0 Å². The standard InChI is InChI=1S/C15H21NO2/c1-2-6-16(7-3-1)8-9-18-15-5-4-13-11-17-12-14(13)10-15/h4-5,10H,1-3,6-9,11-12H2. The molecule has 0 unspecified atom stereocenters. The van der Waals surface area contributed by atoms with Gasteiger partial charge in [0, 0.05) is 6.54 Å². The third kappa shape index (κ3) is 2.85. The lowest BCUT2D eigenvalue weighted by molar-refractivity contribution is 0.134. The lowest BCUT2D eigenvalue weighted by Crippen LogP contribution is -2.33. The maximum absolute atomic E-state index is 5.84.